The van der Waals surface area contributed by atoms with Gasteiger partial charge in [0.1, 0.15) is 10.1 Å². The Morgan fingerprint density at radius 3 is 2.55 bits per heavy atom. The molecule has 0 N–H and O–H groups in total. The van der Waals surface area contributed by atoms with Gasteiger partial charge in [-0.25, -0.2) is 0 Å². The fourth-order valence-corrected chi connectivity index (χ4v) is 5.81. The molecule has 0 saturated carbocycles. The van der Waals surface area contributed by atoms with Crippen molar-refractivity contribution >= 4 is 51.9 Å². The van der Waals surface area contributed by atoms with E-state index in [0.29, 0.717) is 41.7 Å². The van der Waals surface area contributed by atoms with Crippen molar-refractivity contribution in [2.75, 3.05) is 45.8 Å². The highest BCUT2D eigenvalue weighted by molar-refractivity contribution is 8.26. The van der Waals surface area contributed by atoms with E-state index in [9.17, 15) is 9.59 Å². The van der Waals surface area contributed by atoms with E-state index in [-0.39, 0.29) is 17.9 Å². The van der Waals surface area contributed by atoms with E-state index in [1.165, 1.54) is 11.8 Å². The Kier molecular flexibility index (Phi) is 9.82. The summed E-state index contributed by atoms with van der Waals surface area (Å²) in [7, 11) is 5.64. The summed E-state index contributed by atoms with van der Waals surface area (Å²) in [5, 5.41) is 0. The van der Waals surface area contributed by atoms with Crippen LogP contribution in [0.25, 0.3) is 6.08 Å². The summed E-state index contributed by atoms with van der Waals surface area (Å²) in [5.74, 6) is 0.718. The highest BCUT2D eigenvalue weighted by Gasteiger charge is 2.32. The molecular weight excluding hydrogens is 518 g/mol. The molecule has 2 aliphatic heterocycles. The maximum atomic E-state index is 13.3. The normalized spacial score (nSPS) is 18.3. The van der Waals surface area contributed by atoms with Crippen LogP contribution in [0.5, 0.6) is 5.75 Å². The van der Waals surface area contributed by atoms with Crippen molar-refractivity contribution in [2.45, 2.75) is 38.3 Å². The lowest BCUT2D eigenvalue weighted by atomic mass is 10.1. The van der Waals surface area contributed by atoms with Gasteiger partial charge in [0.25, 0.3) is 5.91 Å². The summed E-state index contributed by atoms with van der Waals surface area (Å²) in [6.45, 7) is 2.29. The number of methoxy groups -OCH3 is 1. The molecule has 0 bridgehead atoms. The first-order chi connectivity index (χ1) is 18.3. The van der Waals surface area contributed by atoms with Gasteiger partial charge in [0, 0.05) is 52.4 Å². The van der Waals surface area contributed by atoms with Gasteiger partial charge in [0.05, 0.1) is 18.1 Å². The molecule has 0 aliphatic carbocycles. The molecule has 1 atom stereocenters. The van der Waals surface area contributed by atoms with E-state index in [0.717, 1.165) is 42.0 Å². The first kappa shape index (κ1) is 28.1. The zero-order valence-corrected chi connectivity index (χ0v) is 23.9. The predicted octanol–water partition coefficient (Wildman–Crippen LogP) is 4.95. The van der Waals surface area contributed by atoms with Crippen LogP contribution < -0.4 is 9.64 Å². The summed E-state index contributed by atoms with van der Waals surface area (Å²) in [6.07, 6.45) is 4.81. The number of rotatable bonds is 11. The van der Waals surface area contributed by atoms with Crippen LogP contribution in [0.2, 0.25) is 0 Å². The number of thiocarbonyl (C=S) groups is 1. The first-order valence-corrected chi connectivity index (χ1v) is 14.1. The standard InChI is InChI=1S/C29H35N3O4S2/c1-30(2)23-12-8-22(9-13-23)19-31(20-25-6-5-17-36-25)27(33)7-4-16-32-28(34)26(38-29(32)37)18-21-10-14-24(35-3)15-11-21/h8-15,18,25H,4-7,16-17,19-20H2,1-3H3/b26-18-. The largest absolute Gasteiger partial charge is 0.497 e. The van der Waals surface area contributed by atoms with Crippen LogP contribution in [0.4, 0.5) is 5.69 Å². The van der Waals surface area contributed by atoms with Crippen LogP contribution in [0.3, 0.4) is 0 Å². The average Bonchev–Trinajstić information content (AvgIpc) is 3.52. The fourth-order valence-electron chi connectivity index (χ4n) is 4.50. The molecule has 0 aromatic heterocycles. The molecule has 7 nitrogen and oxygen atoms in total. The minimum Gasteiger partial charge on any atom is -0.497 e. The van der Waals surface area contributed by atoms with Crippen molar-refractivity contribution in [1.82, 2.24) is 9.80 Å². The van der Waals surface area contributed by atoms with Crippen molar-refractivity contribution in [3.8, 4) is 5.75 Å². The molecule has 2 heterocycles. The average molecular weight is 554 g/mol. The number of hydrogen-bond acceptors (Lipinski definition) is 7. The molecule has 202 valence electrons. The van der Waals surface area contributed by atoms with Gasteiger partial charge in [-0.1, -0.05) is 48.2 Å². The third kappa shape index (κ3) is 7.36. The third-order valence-electron chi connectivity index (χ3n) is 6.69. The number of carbonyl (C=O) groups is 2. The SMILES string of the molecule is COc1ccc(/C=C2\SC(=S)N(CCCC(=O)N(Cc3ccc(N(C)C)cc3)CC3CCCO3)C2=O)cc1. The van der Waals surface area contributed by atoms with E-state index in [1.807, 2.05) is 49.3 Å². The highest BCUT2D eigenvalue weighted by atomic mass is 32.2. The third-order valence-corrected chi connectivity index (χ3v) is 8.06. The number of thioether (sulfide) groups is 1. The van der Waals surface area contributed by atoms with Gasteiger partial charge in [-0.05, 0) is 60.7 Å². The molecule has 2 saturated heterocycles. The van der Waals surface area contributed by atoms with Crippen molar-refractivity contribution in [1.29, 1.82) is 0 Å². The smallest absolute Gasteiger partial charge is 0.266 e. The number of ether oxygens (including phenoxy) is 2. The molecule has 2 aromatic carbocycles. The van der Waals surface area contributed by atoms with Crippen molar-refractivity contribution in [2.24, 2.45) is 0 Å². The fraction of sp³-hybridized carbons (Fsp3) is 0.414. The molecular formula is C29H35N3O4S2. The Labute approximate surface area is 234 Å². The van der Waals surface area contributed by atoms with Crippen molar-refractivity contribution in [3.05, 3.63) is 64.6 Å². The minimum absolute atomic E-state index is 0.0661. The number of benzene rings is 2. The molecule has 1 unspecified atom stereocenters. The van der Waals surface area contributed by atoms with E-state index in [4.69, 9.17) is 21.7 Å². The lowest BCUT2D eigenvalue weighted by Gasteiger charge is -2.26. The van der Waals surface area contributed by atoms with Gasteiger partial charge in [0.2, 0.25) is 5.91 Å². The zero-order chi connectivity index (χ0) is 27.1. The monoisotopic (exact) mass is 553 g/mol. The molecule has 2 aromatic rings. The predicted molar refractivity (Wildman–Crippen MR) is 157 cm³/mol. The van der Waals surface area contributed by atoms with Crippen molar-refractivity contribution < 1.29 is 19.1 Å². The Hall–Kier alpha value is -2.88. The Morgan fingerprint density at radius 2 is 1.92 bits per heavy atom. The van der Waals surface area contributed by atoms with Crippen LogP contribution in [0.15, 0.2) is 53.4 Å². The van der Waals surface area contributed by atoms with Gasteiger partial charge in [-0.2, -0.15) is 0 Å². The van der Waals surface area contributed by atoms with Crippen LogP contribution in [0.1, 0.15) is 36.8 Å². The van der Waals surface area contributed by atoms with E-state index >= 15 is 0 Å². The number of carbonyl (C=O) groups excluding carboxylic acids is 2. The zero-order valence-electron chi connectivity index (χ0n) is 22.2. The quantitative estimate of drug-likeness (QED) is 0.288. The minimum atomic E-state index is -0.111. The highest BCUT2D eigenvalue weighted by Crippen LogP contribution is 2.33. The van der Waals surface area contributed by atoms with E-state index < -0.39 is 0 Å². The van der Waals surface area contributed by atoms with Crippen LogP contribution >= 0.6 is 24.0 Å². The summed E-state index contributed by atoms with van der Waals surface area (Å²) in [6, 6.07) is 15.8. The number of amides is 2. The molecule has 2 aliphatic rings. The Balaban J connectivity index is 1.34. The second-order valence-corrected chi connectivity index (χ2v) is 11.4. The van der Waals surface area contributed by atoms with Crippen molar-refractivity contribution in [3.63, 3.8) is 0 Å². The summed E-state index contributed by atoms with van der Waals surface area (Å²) in [4.78, 5) is 32.5. The number of anilines is 1. The molecule has 38 heavy (non-hydrogen) atoms. The van der Waals surface area contributed by atoms with Gasteiger partial charge < -0.3 is 19.3 Å². The lowest BCUT2D eigenvalue weighted by Crippen LogP contribution is -2.37. The summed E-state index contributed by atoms with van der Waals surface area (Å²) < 4.78 is 11.5. The second kappa shape index (κ2) is 13.3. The summed E-state index contributed by atoms with van der Waals surface area (Å²) in [5.41, 5.74) is 3.11. The van der Waals surface area contributed by atoms with Crippen LogP contribution in [0, 0.1) is 0 Å². The van der Waals surface area contributed by atoms with E-state index in [1.54, 1.807) is 12.0 Å². The van der Waals surface area contributed by atoms with Gasteiger partial charge in [-0.3, -0.25) is 14.5 Å². The number of nitrogens with zero attached hydrogens (tertiary/aromatic N) is 3. The first-order valence-electron chi connectivity index (χ1n) is 12.9. The van der Waals surface area contributed by atoms with Crippen LogP contribution in [-0.4, -0.2) is 72.9 Å². The second-order valence-electron chi connectivity index (χ2n) is 9.68. The maximum absolute atomic E-state index is 13.3. The molecule has 0 radical (unpaired) electrons. The summed E-state index contributed by atoms with van der Waals surface area (Å²) >= 11 is 6.78. The van der Waals surface area contributed by atoms with E-state index in [2.05, 4.69) is 29.2 Å². The molecule has 2 amide bonds. The Bertz CT molecular complexity index is 1160. The van der Waals surface area contributed by atoms with Gasteiger partial charge in [0.15, 0.2) is 0 Å². The lowest BCUT2D eigenvalue weighted by molar-refractivity contribution is -0.134. The molecule has 9 heteroatoms. The molecule has 2 fully saturated rings. The van der Waals surface area contributed by atoms with Gasteiger partial charge >= 0.3 is 0 Å². The molecule has 0 spiro atoms. The number of hydrogen-bond donors (Lipinski definition) is 0. The van der Waals surface area contributed by atoms with Gasteiger partial charge in [-0.15, -0.1) is 0 Å². The van der Waals surface area contributed by atoms with Crippen LogP contribution in [-0.2, 0) is 20.9 Å². The molecule has 4 rings (SSSR count). The topological polar surface area (TPSA) is 62.3 Å². The Morgan fingerprint density at radius 1 is 1.18 bits per heavy atom. The maximum Gasteiger partial charge on any atom is 0.266 e.